The molecule has 0 amide bonds. The molecule has 4 aromatic heterocycles. The van der Waals surface area contributed by atoms with Crippen LogP contribution in [0.15, 0.2) is 156 Å². The van der Waals surface area contributed by atoms with Gasteiger partial charge in [-0.3, -0.25) is 8.97 Å². The average molecular weight is 912 g/mol. The molecule has 0 unspecified atom stereocenters. The topological polar surface area (TPSA) is 72.8 Å². The van der Waals surface area contributed by atoms with Gasteiger partial charge in [-0.05, 0) is 105 Å². The molecular formula is C63H53N5O2. The SMILES string of the molecule is [C-]#[N+]c1ccc2c(c1)oc1ccc3c(c4ccc(-c5cccc6c5nc(-c5cc(C(C)(C)C)cc(C(C)(C)C)c5O)n6-c5ccc(C(C)(C)C)cc5-c5ccccc5)cc4c4nc5ccccc5n34)c12. The second kappa shape index (κ2) is 15.1. The first kappa shape index (κ1) is 43.1. The van der Waals surface area contributed by atoms with Gasteiger partial charge in [-0.15, -0.1) is 0 Å². The van der Waals surface area contributed by atoms with Crippen molar-refractivity contribution in [2.24, 2.45) is 0 Å². The molecule has 0 bridgehead atoms. The van der Waals surface area contributed by atoms with Crippen molar-refractivity contribution in [3.8, 4) is 45.1 Å². The maximum Gasteiger partial charge on any atom is 0.190 e. The number of aromatic hydroxyl groups is 1. The molecule has 8 aromatic carbocycles. The number of para-hydroxylation sites is 3. The van der Waals surface area contributed by atoms with E-state index in [9.17, 15) is 5.11 Å². The summed E-state index contributed by atoms with van der Waals surface area (Å²) in [7, 11) is 0. The molecule has 1 N–H and O–H groups in total. The third kappa shape index (κ3) is 6.61. The summed E-state index contributed by atoms with van der Waals surface area (Å²) in [6.07, 6.45) is 0. The van der Waals surface area contributed by atoms with Gasteiger partial charge in [-0.25, -0.2) is 14.8 Å². The maximum atomic E-state index is 12.6. The number of hydrogen-bond donors (Lipinski definition) is 1. The van der Waals surface area contributed by atoms with Gasteiger partial charge in [0.1, 0.15) is 28.4 Å². The molecule has 0 saturated carbocycles. The predicted octanol–water partition coefficient (Wildman–Crippen LogP) is 17.2. The number of pyridine rings is 1. The van der Waals surface area contributed by atoms with Crippen LogP contribution in [0.3, 0.4) is 0 Å². The van der Waals surface area contributed by atoms with E-state index in [1.807, 2.05) is 30.3 Å². The van der Waals surface area contributed by atoms with Crippen LogP contribution in [0.25, 0.3) is 116 Å². The van der Waals surface area contributed by atoms with Crippen LogP contribution in [0.2, 0.25) is 0 Å². The van der Waals surface area contributed by atoms with Gasteiger partial charge in [0.25, 0.3) is 0 Å². The normalized spacial score (nSPS) is 12.7. The smallest absolute Gasteiger partial charge is 0.190 e. The van der Waals surface area contributed by atoms with Crippen LogP contribution < -0.4 is 0 Å². The van der Waals surface area contributed by atoms with Gasteiger partial charge in [0, 0.05) is 38.2 Å². The molecule has 0 fully saturated rings. The Bertz CT molecular complexity index is 4200. The van der Waals surface area contributed by atoms with E-state index in [0.29, 0.717) is 22.7 Å². The highest BCUT2D eigenvalue weighted by Gasteiger charge is 2.30. The van der Waals surface area contributed by atoms with E-state index in [4.69, 9.17) is 21.0 Å². The van der Waals surface area contributed by atoms with E-state index in [2.05, 4.69) is 197 Å². The molecule has 7 heteroatoms. The van der Waals surface area contributed by atoms with Gasteiger partial charge < -0.3 is 9.52 Å². The number of aromatic nitrogens is 4. The summed E-state index contributed by atoms with van der Waals surface area (Å²) < 4.78 is 11.0. The largest absolute Gasteiger partial charge is 0.507 e. The number of nitrogens with zero attached hydrogens (tertiary/aromatic N) is 5. The lowest BCUT2D eigenvalue weighted by atomic mass is 9.79. The summed E-state index contributed by atoms with van der Waals surface area (Å²) in [5.41, 5.74) is 15.9. The zero-order valence-corrected chi connectivity index (χ0v) is 41.0. The highest BCUT2D eigenvalue weighted by atomic mass is 16.3. The first-order valence-corrected chi connectivity index (χ1v) is 24.1. The lowest BCUT2D eigenvalue weighted by Crippen LogP contribution is -2.17. The zero-order valence-electron chi connectivity index (χ0n) is 41.0. The number of imidazole rings is 2. The maximum absolute atomic E-state index is 12.6. The fourth-order valence-electron chi connectivity index (χ4n) is 10.6. The van der Waals surface area contributed by atoms with Gasteiger partial charge in [0.15, 0.2) is 5.69 Å². The Morgan fingerprint density at radius 2 is 1.26 bits per heavy atom. The van der Waals surface area contributed by atoms with Crippen molar-refractivity contribution >= 4 is 77.0 Å². The Morgan fingerprint density at radius 3 is 2.01 bits per heavy atom. The number of furan rings is 1. The van der Waals surface area contributed by atoms with Crippen molar-refractivity contribution < 1.29 is 9.52 Å². The van der Waals surface area contributed by atoms with Crippen LogP contribution in [0.5, 0.6) is 5.75 Å². The third-order valence-electron chi connectivity index (χ3n) is 14.3. The molecule has 0 atom stereocenters. The summed E-state index contributed by atoms with van der Waals surface area (Å²) in [6.45, 7) is 27.6. The number of phenols is 1. The molecule has 0 aliphatic carbocycles. The summed E-state index contributed by atoms with van der Waals surface area (Å²) in [5, 5.41) is 17.7. The van der Waals surface area contributed by atoms with Crippen LogP contribution in [0.1, 0.15) is 79.0 Å². The summed E-state index contributed by atoms with van der Waals surface area (Å²) >= 11 is 0. The predicted molar refractivity (Wildman–Crippen MR) is 290 cm³/mol. The molecule has 70 heavy (non-hydrogen) atoms. The molecule has 0 saturated heterocycles. The Balaban J connectivity index is 1.19. The van der Waals surface area contributed by atoms with Crippen LogP contribution in [0.4, 0.5) is 5.69 Å². The Morgan fingerprint density at radius 1 is 0.529 bits per heavy atom. The van der Waals surface area contributed by atoms with Gasteiger partial charge in [-0.1, -0.05) is 153 Å². The van der Waals surface area contributed by atoms with Crippen molar-refractivity contribution in [1.29, 1.82) is 0 Å². The zero-order chi connectivity index (χ0) is 48.6. The van der Waals surface area contributed by atoms with Crippen LogP contribution in [0, 0.1) is 6.57 Å². The van der Waals surface area contributed by atoms with Crippen molar-refractivity contribution in [3.63, 3.8) is 0 Å². The monoisotopic (exact) mass is 911 g/mol. The third-order valence-corrected chi connectivity index (χ3v) is 14.3. The first-order chi connectivity index (χ1) is 33.5. The average Bonchev–Trinajstić information content (AvgIpc) is 4.04. The Kier molecular flexibility index (Phi) is 9.32. The van der Waals surface area contributed by atoms with E-state index in [-0.39, 0.29) is 22.0 Å². The minimum Gasteiger partial charge on any atom is -0.507 e. The van der Waals surface area contributed by atoms with E-state index in [1.54, 1.807) is 0 Å². The molecule has 0 spiro atoms. The highest BCUT2D eigenvalue weighted by Crippen LogP contribution is 2.47. The molecule has 0 aliphatic rings. The molecule has 0 aliphatic heterocycles. The number of rotatable bonds is 4. The fraction of sp³-hybridized carbons (Fsp3) is 0.190. The standard InChI is InChI=1S/C63H53N5O2/c1-61(2,3)38-24-28-49(44(32-38)36-17-12-11-13-18-36)67-52-22-16-19-41(57(52)66-60(67)46-33-39(62(4,5)6)34-47(58(46)69)63(7,8)9)37-23-26-42-45(31-37)59-65-48-20-14-15-21-50(48)68(59)51-29-30-53-56(55(42)51)43-27-25-40(64-10)35-54(43)70-53/h11-35,69H,1-9H3. The van der Waals surface area contributed by atoms with E-state index >= 15 is 0 Å². The van der Waals surface area contributed by atoms with E-state index < -0.39 is 0 Å². The quantitative estimate of drug-likeness (QED) is 0.141. The summed E-state index contributed by atoms with van der Waals surface area (Å²) in [6, 6.07) is 53.1. The molecular weight excluding hydrogens is 859 g/mol. The molecule has 342 valence electrons. The molecule has 7 nitrogen and oxygen atoms in total. The Labute approximate surface area is 407 Å². The molecule has 4 heterocycles. The summed E-state index contributed by atoms with van der Waals surface area (Å²) in [4.78, 5) is 14.7. The minimum absolute atomic E-state index is 0.0953. The Hall–Kier alpha value is -8.21. The second-order valence-electron chi connectivity index (χ2n) is 22.0. The number of phenolic OH excluding ortho intramolecular Hbond substituents is 1. The van der Waals surface area contributed by atoms with Crippen molar-refractivity contribution in [2.45, 2.75) is 78.6 Å². The van der Waals surface area contributed by atoms with Crippen molar-refractivity contribution in [3.05, 3.63) is 180 Å². The summed E-state index contributed by atoms with van der Waals surface area (Å²) in [5.74, 6) is 0.905. The number of benzene rings is 8. The lowest BCUT2D eigenvalue weighted by Gasteiger charge is -2.28. The van der Waals surface area contributed by atoms with Gasteiger partial charge in [-0.2, -0.15) is 0 Å². The minimum atomic E-state index is -0.348. The number of fused-ring (bicyclic) bond motifs is 13. The second-order valence-corrected chi connectivity index (χ2v) is 22.0. The van der Waals surface area contributed by atoms with Gasteiger partial charge >= 0.3 is 0 Å². The van der Waals surface area contributed by atoms with Crippen molar-refractivity contribution in [2.75, 3.05) is 0 Å². The van der Waals surface area contributed by atoms with Gasteiger partial charge in [0.2, 0.25) is 0 Å². The van der Waals surface area contributed by atoms with E-state index in [1.165, 1.54) is 5.56 Å². The first-order valence-electron chi connectivity index (χ1n) is 24.1. The van der Waals surface area contributed by atoms with Crippen LogP contribution in [-0.2, 0) is 16.2 Å². The van der Waals surface area contributed by atoms with Gasteiger partial charge in [0.05, 0.1) is 45.4 Å². The molecule has 12 aromatic rings. The number of hydrogen-bond acceptors (Lipinski definition) is 4. The fourth-order valence-corrected chi connectivity index (χ4v) is 10.6. The van der Waals surface area contributed by atoms with Crippen molar-refractivity contribution in [1.82, 2.24) is 18.9 Å². The van der Waals surface area contributed by atoms with Crippen LogP contribution in [-0.4, -0.2) is 24.0 Å². The molecule has 0 radical (unpaired) electrons. The molecule has 12 rings (SSSR count). The lowest BCUT2D eigenvalue weighted by molar-refractivity contribution is 0.446. The van der Waals surface area contributed by atoms with Crippen LogP contribution >= 0.6 is 0 Å². The van der Waals surface area contributed by atoms with E-state index in [0.717, 1.165) is 105 Å². The highest BCUT2D eigenvalue weighted by molar-refractivity contribution is 6.28.